The molecule has 0 bridgehead atoms. The summed E-state index contributed by atoms with van der Waals surface area (Å²) in [6.07, 6.45) is 0. The van der Waals surface area contributed by atoms with E-state index in [1.165, 1.54) is 23.6 Å². The molecule has 0 unspecified atom stereocenters. The van der Waals surface area contributed by atoms with Crippen molar-refractivity contribution in [2.45, 2.75) is 0 Å². The molecule has 0 saturated carbocycles. The molecule has 1 heterocycles. The van der Waals surface area contributed by atoms with Crippen LogP contribution in [0.5, 0.6) is 0 Å². The van der Waals surface area contributed by atoms with Gasteiger partial charge in [-0.2, -0.15) is 0 Å². The Morgan fingerprint density at radius 2 is 2.25 bits per heavy atom. The molecule has 2 rings (SSSR count). The molecule has 0 atom stereocenters. The molecule has 2 aromatic rings. The minimum Gasteiger partial charge on any atom is -0.476 e. The molecular formula is C10H5ClFNO2S. The normalized spacial score (nSPS) is 10.4. The second kappa shape index (κ2) is 4.19. The van der Waals surface area contributed by atoms with Gasteiger partial charge in [-0.05, 0) is 18.2 Å². The van der Waals surface area contributed by atoms with Crippen LogP contribution in [0.1, 0.15) is 9.80 Å². The molecule has 16 heavy (non-hydrogen) atoms. The van der Waals surface area contributed by atoms with Crippen molar-refractivity contribution >= 4 is 28.9 Å². The number of hydrogen-bond acceptors (Lipinski definition) is 3. The molecule has 0 aliphatic heterocycles. The zero-order valence-corrected chi connectivity index (χ0v) is 9.35. The third-order valence-corrected chi connectivity index (χ3v) is 2.96. The van der Waals surface area contributed by atoms with E-state index in [0.717, 1.165) is 11.3 Å². The van der Waals surface area contributed by atoms with E-state index in [-0.39, 0.29) is 16.3 Å². The summed E-state index contributed by atoms with van der Waals surface area (Å²) in [6, 6.07) is 4.06. The predicted molar refractivity (Wildman–Crippen MR) is 59.5 cm³/mol. The maximum atomic E-state index is 13.4. The SMILES string of the molecule is O=C(O)c1nc(-c2cc(Cl)ccc2F)cs1. The van der Waals surface area contributed by atoms with Gasteiger partial charge in [-0.3, -0.25) is 0 Å². The first-order valence-electron chi connectivity index (χ1n) is 4.22. The van der Waals surface area contributed by atoms with Gasteiger partial charge in [0.15, 0.2) is 0 Å². The van der Waals surface area contributed by atoms with Crippen LogP contribution in [0.15, 0.2) is 23.6 Å². The zero-order valence-electron chi connectivity index (χ0n) is 7.78. The Labute approximate surface area is 99.1 Å². The predicted octanol–water partition coefficient (Wildman–Crippen LogP) is 3.30. The number of thiazole rings is 1. The summed E-state index contributed by atoms with van der Waals surface area (Å²) in [5, 5.41) is 10.5. The van der Waals surface area contributed by atoms with Crippen LogP contribution in [-0.2, 0) is 0 Å². The number of rotatable bonds is 2. The lowest BCUT2D eigenvalue weighted by molar-refractivity contribution is 0.0696. The van der Waals surface area contributed by atoms with Crippen LogP contribution in [0.4, 0.5) is 4.39 Å². The van der Waals surface area contributed by atoms with Crippen LogP contribution >= 0.6 is 22.9 Å². The van der Waals surface area contributed by atoms with Gasteiger partial charge in [-0.25, -0.2) is 14.2 Å². The summed E-state index contributed by atoms with van der Waals surface area (Å²) in [4.78, 5) is 14.4. The van der Waals surface area contributed by atoms with Crippen LogP contribution in [0.3, 0.4) is 0 Å². The fourth-order valence-electron chi connectivity index (χ4n) is 1.19. The molecular weight excluding hydrogens is 253 g/mol. The van der Waals surface area contributed by atoms with E-state index in [2.05, 4.69) is 4.98 Å². The van der Waals surface area contributed by atoms with Crippen molar-refractivity contribution in [2.75, 3.05) is 0 Å². The second-order valence-electron chi connectivity index (χ2n) is 2.97. The monoisotopic (exact) mass is 257 g/mol. The highest BCUT2D eigenvalue weighted by atomic mass is 35.5. The van der Waals surface area contributed by atoms with Crippen molar-refractivity contribution in [2.24, 2.45) is 0 Å². The van der Waals surface area contributed by atoms with E-state index < -0.39 is 11.8 Å². The highest BCUT2D eigenvalue weighted by Crippen LogP contribution is 2.27. The summed E-state index contributed by atoms with van der Waals surface area (Å²) in [6.45, 7) is 0. The molecule has 1 aromatic heterocycles. The van der Waals surface area contributed by atoms with Crippen LogP contribution in [0, 0.1) is 5.82 Å². The van der Waals surface area contributed by atoms with E-state index in [4.69, 9.17) is 16.7 Å². The van der Waals surface area contributed by atoms with Gasteiger partial charge in [0.1, 0.15) is 5.82 Å². The Bertz CT molecular complexity index is 556. The molecule has 0 aliphatic carbocycles. The maximum Gasteiger partial charge on any atom is 0.365 e. The largest absolute Gasteiger partial charge is 0.476 e. The van der Waals surface area contributed by atoms with Crippen LogP contribution < -0.4 is 0 Å². The van der Waals surface area contributed by atoms with E-state index in [1.807, 2.05) is 0 Å². The molecule has 1 aromatic carbocycles. The molecule has 0 saturated heterocycles. The smallest absolute Gasteiger partial charge is 0.365 e. The van der Waals surface area contributed by atoms with Crippen molar-refractivity contribution in [3.05, 3.63) is 39.4 Å². The average Bonchev–Trinajstić information content (AvgIpc) is 2.70. The van der Waals surface area contributed by atoms with Crippen LogP contribution in [0.25, 0.3) is 11.3 Å². The topological polar surface area (TPSA) is 50.2 Å². The number of hydrogen-bond donors (Lipinski definition) is 1. The molecule has 6 heteroatoms. The van der Waals surface area contributed by atoms with Gasteiger partial charge in [0, 0.05) is 16.0 Å². The second-order valence-corrected chi connectivity index (χ2v) is 4.26. The average molecular weight is 258 g/mol. The molecule has 1 N–H and O–H groups in total. The fourth-order valence-corrected chi connectivity index (χ4v) is 2.02. The van der Waals surface area contributed by atoms with E-state index >= 15 is 0 Å². The summed E-state index contributed by atoms with van der Waals surface area (Å²) in [5.74, 6) is -1.61. The molecule has 82 valence electrons. The van der Waals surface area contributed by atoms with Gasteiger partial charge in [0.2, 0.25) is 5.01 Å². The summed E-state index contributed by atoms with van der Waals surface area (Å²) in [7, 11) is 0. The van der Waals surface area contributed by atoms with Gasteiger partial charge < -0.3 is 5.11 Å². The Balaban J connectivity index is 2.50. The Morgan fingerprint density at radius 1 is 1.50 bits per heavy atom. The number of carboxylic acid groups (broad SMARTS) is 1. The number of nitrogens with zero attached hydrogens (tertiary/aromatic N) is 1. The third-order valence-electron chi connectivity index (χ3n) is 1.89. The minimum absolute atomic E-state index is 0.0747. The molecule has 0 radical (unpaired) electrons. The standard InChI is InChI=1S/C10H5ClFNO2S/c11-5-1-2-7(12)6(3-5)8-4-16-9(13-8)10(14)15/h1-4H,(H,14,15). The van der Waals surface area contributed by atoms with Crippen LogP contribution in [-0.4, -0.2) is 16.1 Å². The first-order chi connectivity index (χ1) is 7.58. The number of benzene rings is 1. The summed E-state index contributed by atoms with van der Waals surface area (Å²) < 4.78 is 13.4. The molecule has 0 aliphatic rings. The Kier molecular flexibility index (Phi) is 2.89. The lowest BCUT2D eigenvalue weighted by atomic mass is 10.1. The summed E-state index contributed by atoms with van der Waals surface area (Å²) in [5.41, 5.74) is 0.485. The fraction of sp³-hybridized carbons (Fsp3) is 0. The van der Waals surface area contributed by atoms with Crippen LogP contribution in [0.2, 0.25) is 5.02 Å². The van der Waals surface area contributed by atoms with E-state index in [0.29, 0.717) is 5.02 Å². The number of carboxylic acids is 1. The van der Waals surface area contributed by atoms with Crippen molar-refractivity contribution in [3.8, 4) is 11.3 Å². The molecule has 0 spiro atoms. The van der Waals surface area contributed by atoms with Crippen molar-refractivity contribution in [1.82, 2.24) is 4.98 Å². The van der Waals surface area contributed by atoms with Gasteiger partial charge in [0.05, 0.1) is 5.69 Å². The zero-order chi connectivity index (χ0) is 11.7. The van der Waals surface area contributed by atoms with Crippen molar-refractivity contribution in [3.63, 3.8) is 0 Å². The van der Waals surface area contributed by atoms with E-state index in [1.54, 1.807) is 0 Å². The van der Waals surface area contributed by atoms with Gasteiger partial charge >= 0.3 is 5.97 Å². The first kappa shape index (κ1) is 11.0. The minimum atomic E-state index is -1.13. The van der Waals surface area contributed by atoms with E-state index in [9.17, 15) is 9.18 Å². The highest BCUT2D eigenvalue weighted by Gasteiger charge is 2.13. The van der Waals surface area contributed by atoms with Gasteiger partial charge in [0.25, 0.3) is 0 Å². The quantitative estimate of drug-likeness (QED) is 0.898. The maximum absolute atomic E-state index is 13.4. The lowest BCUT2D eigenvalue weighted by Crippen LogP contribution is -1.94. The molecule has 0 fully saturated rings. The highest BCUT2D eigenvalue weighted by molar-refractivity contribution is 7.11. The molecule has 0 amide bonds. The third kappa shape index (κ3) is 2.05. The van der Waals surface area contributed by atoms with Gasteiger partial charge in [-0.15, -0.1) is 11.3 Å². The Morgan fingerprint density at radius 3 is 2.88 bits per heavy atom. The lowest BCUT2D eigenvalue weighted by Gasteiger charge is -1.99. The van der Waals surface area contributed by atoms with Gasteiger partial charge in [-0.1, -0.05) is 11.6 Å². The first-order valence-corrected chi connectivity index (χ1v) is 5.48. The number of carbonyl (C=O) groups is 1. The number of aromatic carboxylic acids is 1. The van der Waals surface area contributed by atoms with Crippen molar-refractivity contribution < 1.29 is 14.3 Å². The number of aromatic nitrogens is 1. The summed E-state index contributed by atoms with van der Waals surface area (Å²) >= 11 is 6.68. The Hall–Kier alpha value is -1.46. The molecule has 3 nitrogen and oxygen atoms in total. The van der Waals surface area contributed by atoms with Crippen molar-refractivity contribution in [1.29, 1.82) is 0 Å². The number of halogens is 2.